The lowest BCUT2D eigenvalue weighted by molar-refractivity contribution is -2.00. The summed E-state index contributed by atoms with van der Waals surface area (Å²) in [6, 6.07) is 6.87. The number of hydrogen-bond donors (Lipinski definition) is 18. The van der Waals surface area contributed by atoms with Crippen LogP contribution in [0.25, 0.3) is 22.2 Å². The van der Waals surface area contributed by atoms with E-state index in [1.807, 2.05) is 0 Å². The number of hydrogen-bond acceptors (Lipinski definition) is 37. The average molecular weight is 1380 g/mol. The van der Waals surface area contributed by atoms with Gasteiger partial charge in [-0.05, 0) is 13.0 Å². The molecule has 3 aromatic rings. The van der Waals surface area contributed by atoms with Crippen LogP contribution in [0.1, 0.15) is 13.3 Å². The van der Waals surface area contributed by atoms with Crippen LogP contribution in [-0.2, 0) is 81.8 Å². The predicted molar refractivity (Wildman–Crippen MR) is 281 cm³/mol. The van der Waals surface area contributed by atoms with E-state index in [0.717, 1.165) is 9.13 Å². The minimum absolute atomic E-state index is 0.0344. The first-order valence-electron chi connectivity index (χ1n) is 29.4. The van der Waals surface area contributed by atoms with Gasteiger partial charge in [-0.25, -0.2) is 28.4 Å². The average Bonchev–Trinajstić information content (AvgIpc) is 0.752. The summed E-state index contributed by atoms with van der Waals surface area (Å²) in [5.41, 5.74) is -0.418. The largest absolute Gasteiger partial charge is 0.394 e. The van der Waals surface area contributed by atoms with Gasteiger partial charge in [-0.15, -0.1) is 10.2 Å². The van der Waals surface area contributed by atoms with E-state index < -0.39 is 258 Å². The molecule has 22 aliphatic rings. The van der Waals surface area contributed by atoms with Crippen LogP contribution >= 0.6 is 0 Å². The monoisotopic (exact) mass is 1380 g/mol. The zero-order valence-corrected chi connectivity index (χ0v) is 50.3. The molecule has 22 aliphatic heterocycles. The number of aromatic nitrogens is 4. The van der Waals surface area contributed by atoms with Crippen LogP contribution < -0.4 is 39.8 Å². The molecular weight excluding hydrogens is 1310 g/mol. The van der Waals surface area contributed by atoms with Crippen LogP contribution in [0.15, 0.2) is 33.9 Å². The van der Waals surface area contributed by atoms with Gasteiger partial charge < -0.3 is 149 Å². The summed E-state index contributed by atoms with van der Waals surface area (Å²) in [7, 11) is -3.69. The maximum absolute atomic E-state index is 13.9. The quantitative estimate of drug-likeness (QED) is 0.0626. The molecule has 0 aliphatic carbocycles. The predicted octanol–water partition coefficient (Wildman–Crippen LogP) is -17.7. The summed E-state index contributed by atoms with van der Waals surface area (Å²) in [5.74, 6) is -0.819. The van der Waals surface area contributed by atoms with Crippen molar-refractivity contribution in [3.63, 3.8) is 0 Å². The number of aliphatic hydroxyl groups excluding tert-OH is 17. The standard InChI is InChI=1S/C52H75N5O32.ClHO4/c1-3-56-17-7-5-4-6-16(17)54-44-25(56)45(76)55(2)52(77)57(44)9-8-24(63)53-10-18-38-26(64)32(70)46(78-18)85-39-19(11-58)80-48(34(72)28(39)66)87-41-21(13-60)82-50(36(74)30(41)68)89-43-23(15-62)83-51(37(75)31(43)69)88-42-22(14-61)81-49(35(73)29(42)67)86-40-20(12-59)79-47(84-38)33(71)27(40)65;2-1(3,4)5/h4-7,18-23,26-43,46-51,58-62,64-75H,3,8-15H2,1-2H3;(H,2,3,4,5)/t18-,19-,20-,21-,22-,23-,26-,27-,28-,29-,30-,31-,32-,33-,34-,35-,36-,37-,38-,39-,40-,41-,42-,43-,46-,47-,48-,49-,50-,51-;/m1./s1. The second-order valence-electron chi connectivity index (χ2n) is 22.9. The third kappa shape index (κ3) is 15.2. The van der Waals surface area contributed by atoms with Gasteiger partial charge in [0.2, 0.25) is 17.1 Å². The number of nitrogens with zero attached hydrogens (tertiary/aromatic N) is 4. The normalized spacial score (nSPS) is 42.4. The summed E-state index contributed by atoms with van der Waals surface area (Å²) < 4.78 is 107. The molecule has 2 aromatic heterocycles. The van der Waals surface area contributed by atoms with Gasteiger partial charge in [-0.3, -0.25) is 18.7 Å². The lowest BCUT2D eigenvalue weighted by Crippen LogP contribution is -2.69. The van der Waals surface area contributed by atoms with Gasteiger partial charge in [0.15, 0.2) is 37.7 Å². The molecule has 41 nitrogen and oxygen atoms in total. The molecule has 0 radical (unpaired) electrons. The first-order valence-corrected chi connectivity index (χ1v) is 30.6. The van der Waals surface area contributed by atoms with Crippen LogP contribution in [0.3, 0.4) is 0 Å². The van der Waals surface area contributed by atoms with E-state index in [4.69, 9.17) is 75.5 Å². The van der Waals surface area contributed by atoms with Crippen LogP contribution in [-0.4, -0.2) is 331 Å². The fraction of sp³-hybridized carbons (Fsp3) is 0.788. The van der Waals surface area contributed by atoms with Crippen molar-refractivity contribution >= 4 is 28.1 Å². The van der Waals surface area contributed by atoms with Gasteiger partial charge in [0.25, 0.3) is 0 Å². The first-order chi connectivity index (χ1) is 44.5. The molecule has 30 atom stereocenters. The van der Waals surface area contributed by atoms with Crippen molar-refractivity contribution in [2.75, 3.05) is 39.6 Å². The van der Waals surface area contributed by atoms with Crippen LogP contribution in [0.5, 0.6) is 0 Å². The van der Waals surface area contributed by atoms with Crippen molar-refractivity contribution in [2.24, 2.45) is 7.05 Å². The highest BCUT2D eigenvalue weighted by molar-refractivity contribution is 5.79. The molecule has 25 rings (SSSR count). The number of ether oxygens (including phenoxy) is 12. The van der Waals surface area contributed by atoms with Gasteiger partial charge in [-0.2, -0.15) is 4.57 Å². The number of rotatable bonds is 11. The molecule has 532 valence electrons. The molecule has 1 aromatic carbocycles. The van der Waals surface area contributed by atoms with E-state index in [-0.39, 0.29) is 17.7 Å². The minimum atomic E-state index is -4.94. The Morgan fingerprint density at radius 1 is 0.500 bits per heavy atom. The summed E-state index contributed by atoms with van der Waals surface area (Å²) in [5, 5.41) is 193. The molecule has 0 unspecified atom stereocenters. The molecule has 42 heteroatoms. The summed E-state index contributed by atoms with van der Waals surface area (Å²) in [6.07, 6.45) is -61.5. The molecule has 12 bridgehead atoms. The van der Waals surface area contributed by atoms with Gasteiger partial charge in [-0.1, -0.05) is 12.1 Å². The number of nitrogens with one attached hydrogen (secondary N) is 1. The van der Waals surface area contributed by atoms with E-state index >= 15 is 0 Å². The van der Waals surface area contributed by atoms with Crippen LogP contribution in [0, 0.1) is 10.2 Å². The Kier molecular flexibility index (Phi) is 24.5. The van der Waals surface area contributed by atoms with Gasteiger partial charge >= 0.3 is 16.8 Å². The molecule has 22 fully saturated rings. The Morgan fingerprint density at radius 3 is 1.11 bits per heavy atom. The third-order valence-corrected chi connectivity index (χ3v) is 17.0. The fourth-order valence-electron chi connectivity index (χ4n) is 12.1. The van der Waals surface area contributed by atoms with Crippen molar-refractivity contribution in [3.05, 3.63) is 45.1 Å². The number of benzene rings is 1. The number of halogens is 1. The van der Waals surface area contributed by atoms with Crippen LogP contribution in [0.2, 0.25) is 0 Å². The van der Waals surface area contributed by atoms with Gasteiger partial charge in [0, 0.05) is 32.6 Å². The number of para-hydroxylation sites is 2. The number of aryl methyl sites for hydroxylation is 2. The SMILES string of the molecule is CC[n+]1c2ccccc2nc2c1c(=O)n(C)c(=O)n2CCC(=O)NC[C@H]1O[C@@H]2O[C@H]3[C@H](O)[C@@H](O)[C@@H](O[C@H]4[C@H](O)[C@@H](O)[C@@H](O[C@H]5[C@H](O)[C@@H](O)[C@@H](O[C@H]6[C@H](O)[C@@H](O)[C@@H](O[C@H]7[C@H](O)[C@@H](O)[C@@H](O[C@H]1[C@H](O)[C@H]2O)O[C@@H]7CO)O[C@@H]6CO)O[C@@H]5CO)O[C@@H]4CO)O[C@@H]3CO.[O-][Cl+3]([O-])([O-])[O-]. The Hall–Kier alpha value is -4.06. The lowest BCUT2D eigenvalue weighted by Gasteiger charge is -2.50. The number of amides is 1. The number of fused-ring (bicyclic) bond motifs is 2. The number of aliphatic hydroxyl groups is 17. The maximum Gasteiger partial charge on any atom is 0.332 e. The molecule has 0 spiro atoms. The maximum atomic E-state index is 13.9. The number of carbonyl (C=O) groups is 1. The Balaban J connectivity index is 0.00000200. The zero-order chi connectivity index (χ0) is 68.7. The highest BCUT2D eigenvalue weighted by atomic mass is 35.7. The van der Waals surface area contributed by atoms with Crippen molar-refractivity contribution in [3.8, 4) is 0 Å². The number of carbonyl (C=O) groups excluding carboxylic acids is 1. The van der Waals surface area contributed by atoms with Crippen LogP contribution in [0.4, 0.5) is 0 Å². The Labute approximate surface area is 530 Å². The van der Waals surface area contributed by atoms with Gasteiger partial charge in [0.1, 0.15) is 159 Å². The highest BCUT2D eigenvalue weighted by Gasteiger charge is 2.59. The zero-order valence-electron chi connectivity index (χ0n) is 49.5. The first kappa shape index (κ1) is 74.2. The molecule has 94 heavy (non-hydrogen) atoms. The fourth-order valence-corrected chi connectivity index (χ4v) is 12.1. The highest BCUT2D eigenvalue weighted by Crippen LogP contribution is 2.38. The summed E-state index contributed by atoms with van der Waals surface area (Å²) >= 11 is 0. The molecular formula is C52H76ClN5O36. The van der Waals surface area contributed by atoms with E-state index in [1.165, 1.54) is 7.05 Å². The minimum Gasteiger partial charge on any atom is -0.394 e. The van der Waals surface area contributed by atoms with Crippen molar-refractivity contribution in [1.29, 1.82) is 0 Å². The molecule has 1 amide bonds. The lowest BCUT2D eigenvalue weighted by atomic mass is 9.94. The van der Waals surface area contributed by atoms with Crippen molar-refractivity contribution in [2.45, 2.75) is 211 Å². The topological polar surface area (TPSA) is 637 Å². The van der Waals surface area contributed by atoms with E-state index in [1.54, 1.807) is 35.8 Å². The summed E-state index contributed by atoms with van der Waals surface area (Å²) in [4.78, 5) is 45.8. The second-order valence-corrected chi connectivity index (χ2v) is 23.7. The molecule has 22 saturated heterocycles. The van der Waals surface area contributed by atoms with E-state index in [9.17, 15) is 101 Å². The molecule has 24 heterocycles. The molecule has 18 N–H and O–H groups in total. The second kappa shape index (κ2) is 31.0. The van der Waals surface area contributed by atoms with Crippen molar-refractivity contribution < 1.29 is 182 Å². The summed E-state index contributed by atoms with van der Waals surface area (Å²) in [6.45, 7) is -4.28. The Bertz CT molecular complexity index is 3120. The third-order valence-electron chi connectivity index (χ3n) is 17.0. The van der Waals surface area contributed by atoms with E-state index in [2.05, 4.69) is 10.3 Å². The Morgan fingerprint density at radius 2 is 0.798 bits per heavy atom. The van der Waals surface area contributed by atoms with Crippen molar-refractivity contribution in [1.82, 2.24) is 19.4 Å². The smallest absolute Gasteiger partial charge is 0.332 e. The molecule has 0 saturated carbocycles. The van der Waals surface area contributed by atoms with E-state index in [0.29, 0.717) is 17.6 Å². The van der Waals surface area contributed by atoms with Gasteiger partial charge in [0.05, 0.1) is 33.0 Å².